The Labute approximate surface area is 61.4 Å². The molecular weight excluding hydrogens is 131 g/mol. The lowest BCUT2D eigenvalue weighted by molar-refractivity contribution is -0.00490. The molecule has 10 heavy (non-hydrogen) atoms. The Bertz CT molecular complexity index is 120. The van der Waals surface area contributed by atoms with E-state index in [0.29, 0.717) is 0 Å². The molecule has 2 radical (unpaired) electrons. The zero-order valence-corrected chi connectivity index (χ0v) is 5.90. The van der Waals surface area contributed by atoms with Crippen LogP contribution in [0.3, 0.4) is 0 Å². The summed E-state index contributed by atoms with van der Waals surface area (Å²) in [6.07, 6.45) is -1.12. The second kappa shape index (κ2) is 2.90. The van der Waals surface area contributed by atoms with Crippen LogP contribution in [0.2, 0.25) is 0 Å². The van der Waals surface area contributed by atoms with E-state index in [9.17, 15) is 5.11 Å². The average Bonchev–Trinajstić information content (AvgIpc) is 2.17. The molecule has 1 fully saturated rings. The molecule has 4 atom stereocenters. The summed E-state index contributed by atoms with van der Waals surface area (Å²) in [6.45, 7) is 1.63. The molecule has 0 aromatic heterocycles. The van der Waals surface area contributed by atoms with Crippen LogP contribution >= 0.6 is 0 Å². The molecule has 1 heterocycles. The fourth-order valence-corrected chi connectivity index (χ4v) is 1.09. The molecule has 1 rings (SSSR count). The first kappa shape index (κ1) is 8.05. The lowest BCUT2D eigenvalue weighted by Gasteiger charge is -2.11. The zero-order chi connectivity index (χ0) is 7.72. The van der Waals surface area contributed by atoms with Gasteiger partial charge in [0, 0.05) is 11.9 Å². The molecule has 0 spiro atoms. The van der Waals surface area contributed by atoms with E-state index in [2.05, 4.69) is 0 Å². The van der Waals surface area contributed by atoms with Crippen molar-refractivity contribution in [1.82, 2.24) is 0 Å². The van der Waals surface area contributed by atoms with Crippen LogP contribution in [0.15, 0.2) is 0 Å². The van der Waals surface area contributed by atoms with Crippen LogP contribution in [0.25, 0.3) is 0 Å². The van der Waals surface area contributed by atoms with Crippen molar-refractivity contribution in [2.24, 2.45) is 5.92 Å². The van der Waals surface area contributed by atoms with E-state index in [1.807, 2.05) is 0 Å². The number of aliphatic hydroxyl groups is 2. The highest BCUT2D eigenvalue weighted by atomic mass is 16.5. The van der Waals surface area contributed by atoms with E-state index in [1.165, 1.54) is 0 Å². The van der Waals surface area contributed by atoms with Crippen LogP contribution in [0, 0.1) is 5.92 Å². The Morgan fingerprint density at radius 3 is 2.40 bits per heavy atom. The van der Waals surface area contributed by atoms with Crippen LogP contribution in [0.5, 0.6) is 0 Å². The van der Waals surface area contributed by atoms with Gasteiger partial charge in [-0.05, 0) is 0 Å². The molecule has 56 valence electrons. The van der Waals surface area contributed by atoms with E-state index in [0.717, 1.165) is 0 Å². The minimum absolute atomic E-state index is 0.0860. The average molecular weight is 142 g/mol. The predicted octanol–water partition coefficient (Wildman–Crippen LogP) is -1.13. The summed E-state index contributed by atoms with van der Waals surface area (Å²) < 4.78 is 5.01. The lowest BCUT2D eigenvalue weighted by atomic mass is 9.86. The summed E-state index contributed by atoms with van der Waals surface area (Å²) in [5.41, 5.74) is 0. The minimum Gasteiger partial charge on any atom is -0.394 e. The van der Waals surface area contributed by atoms with E-state index in [1.54, 1.807) is 6.92 Å². The highest BCUT2D eigenvalue weighted by Crippen LogP contribution is 2.23. The SMILES string of the molecule is [B][C@@H]1O[C@H](CO)[C@H](O)[C@H]1C. The van der Waals surface area contributed by atoms with Crippen LogP contribution in [-0.4, -0.2) is 42.9 Å². The largest absolute Gasteiger partial charge is 0.394 e. The fourth-order valence-electron chi connectivity index (χ4n) is 1.09. The molecule has 0 aromatic rings. The second-order valence-corrected chi connectivity index (χ2v) is 2.67. The third kappa shape index (κ3) is 1.19. The second-order valence-electron chi connectivity index (χ2n) is 2.67. The van der Waals surface area contributed by atoms with Gasteiger partial charge in [0.25, 0.3) is 0 Å². The summed E-state index contributed by atoms with van der Waals surface area (Å²) in [4.78, 5) is 0. The summed E-state index contributed by atoms with van der Waals surface area (Å²) >= 11 is 0. The van der Waals surface area contributed by atoms with E-state index in [4.69, 9.17) is 17.7 Å². The molecule has 0 saturated carbocycles. The third-order valence-electron chi connectivity index (χ3n) is 1.95. The third-order valence-corrected chi connectivity index (χ3v) is 1.95. The Morgan fingerprint density at radius 1 is 1.60 bits per heavy atom. The number of rotatable bonds is 1. The molecule has 0 aromatic carbocycles. The van der Waals surface area contributed by atoms with Gasteiger partial charge in [0.15, 0.2) is 0 Å². The molecule has 0 unspecified atom stereocenters. The zero-order valence-electron chi connectivity index (χ0n) is 5.90. The highest BCUT2D eigenvalue weighted by Gasteiger charge is 2.36. The Balaban J connectivity index is 2.53. The summed E-state index contributed by atoms with van der Waals surface area (Å²) in [7, 11) is 5.44. The first-order chi connectivity index (χ1) is 4.66. The van der Waals surface area contributed by atoms with Crippen LogP contribution < -0.4 is 0 Å². The molecular formula is C6H11BO3. The molecule has 4 heteroatoms. The molecule has 3 nitrogen and oxygen atoms in total. The standard InChI is InChI=1S/C6H11BO3/c1-3-5(9)4(2-8)10-6(3)7/h3-6,8-9H,2H2,1H3/t3-,4-,5-,6-/m1/s1. The molecule has 1 aliphatic heterocycles. The van der Waals surface area contributed by atoms with Crippen molar-refractivity contribution in [3.63, 3.8) is 0 Å². The number of hydrogen-bond donors (Lipinski definition) is 2. The first-order valence-corrected chi connectivity index (χ1v) is 3.36. The first-order valence-electron chi connectivity index (χ1n) is 3.36. The lowest BCUT2D eigenvalue weighted by Crippen LogP contribution is -2.28. The normalized spacial score (nSPS) is 47.9. The monoisotopic (exact) mass is 142 g/mol. The molecule has 1 aliphatic rings. The van der Waals surface area contributed by atoms with Gasteiger partial charge in [-0.1, -0.05) is 6.92 Å². The Hall–Kier alpha value is -0.0551. The molecule has 1 saturated heterocycles. The number of ether oxygens (including phenoxy) is 1. The van der Waals surface area contributed by atoms with Crippen molar-refractivity contribution in [2.75, 3.05) is 6.61 Å². The van der Waals surface area contributed by atoms with Gasteiger partial charge in [-0.15, -0.1) is 0 Å². The summed E-state index contributed by atoms with van der Waals surface area (Å²) in [5, 5.41) is 17.9. The van der Waals surface area contributed by atoms with Crippen LogP contribution in [-0.2, 0) is 4.74 Å². The van der Waals surface area contributed by atoms with Crippen molar-refractivity contribution in [1.29, 1.82) is 0 Å². The smallest absolute Gasteiger partial charge is 0.109 e. The number of hydrogen-bond acceptors (Lipinski definition) is 3. The molecule has 0 aliphatic carbocycles. The maximum atomic E-state index is 9.26. The molecule has 0 bridgehead atoms. The van der Waals surface area contributed by atoms with Gasteiger partial charge < -0.3 is 14.9 Å². The van der Waals surface area contributed by atoms with E-state index >= 15 is 0 Å². The maximum Gasteiger partial charge on any atom is 0.109 e. The summed E-state index contributed by atoms with van der Waals surface area (Å²) in [5.74, 6) is -0.0860. The van der Waals surface area contributed by atoms with Crippen molar-refractivity contribution >= 4 is 7.85 Å². The van der Waals surface area contributed by atoms with Crippen LogP contribution in [0.4, 0.5) is 0 Å². The quantitative estimate of drug-likeness (QED) is 0.455. The Kier molecular flexibility index (Phi) is 2.34. The van der Waals surface area contributed by atoms with Gasteiger partial charge in [-0.2, -0.15) is 0 Å². The number of aliphatic hydroxyl groups excluding tert-OH is 2. The molecule has 0 amide bonds. The van der Waals surface area contributed by atoms with E-state index in [-0.39, 0.29) is 12.5 Å². The van der Waals surface area contributed by atoms with Gasteiger partial charge in [0.05, 0.1) is 12.7 Å². The fraction of sp³-hybridized carbons (Fsp3) is 1.00. The van der Waals surface area contributed by atoms with Gasteiger partial charge in [-0.25, -0.2) is 0 Å². The highest BCUT2D eigenvalue weighted by molar-refractivity contribution is 6.11. The van der Waals surface area contributed by atoms with Gasteiger partial charge in [0.2, 0.25) is 0 Å². The summed E-state index contributed by atoms with van der Waals surface area (Å²) in [6, 6.07) is -0.438. The van der Waals surface area contributed by atoms with Crippen molar-refractivity contribution < 1.29 is 14.9 Å². The van der Waals surface area contributed by atoms with Crippen molar-refractivity contribution in [3.8, 4) is 0 Å². The predicted molar refractivity (Wildman–Crippen MR) is 36.7 cm³/mol. The minimum atomic E-state index is -0.625. The van der Waals surface area contributed by atoms with Gasteiger partial charge in [0.1, 0.15) is 14.0 Å². The van der Waals surface area contributed by atoms with Crippen molar-refractivity contribution in [2.45, 2.75) is 25.1 Å². The maximum absolute atomic E-state index is 9.26. The Morgan fingerprint density at radius 2 is 2.20 bits per heavy atom. The van der Waals surface area contributed by atoms with E-state index < -0.39 is 18.2 Å². The topological polar surface area (TPSA) is 49.7 Å². The molecule has 2 N–H and O–H groups in total. The van der Waals surface area contributed by atoms with Crippen LogP contribution in [0.1, 0.15) is 6.92 Å². The van der Waals surface area contributed by atoms with Crippen molar-refractivity contribution in [3.05, 3.63) is 0 Å². The van der Waals surface area contributed by atoms with Gasteiger partial charge >= 0.3 is 0 Å². The van der Waals surface area contributed by atoms with Gasteiger partial charge in [-0.3, -0.25) is 0 Å².